The third-order valence-corrected chi connectivity index (χ3v) is 4.04. The number of nitriles is 1. The Morgan fingerprint density at radius 3 is 2.20 bits per heavy atom. The van der Waals surface area contributed by atoms with Gasteiger partial charge in [-0.3, -0.25) is 0 Å². The first-order valence-electron chi connectivity index (χ1n) is 6.77. The lowest BCUT2D eigenvalue weighted by Gasteiger charge is -2.16. The SMILES string of the molecule is CCc1cccc(CC)c1Nc1cccc(Br)c1C#N. The monoisotopic (exact) mass is 328 g/mol. The molecule has 2 rings (SSSR count). The molecule has 3 heteroatoms. The quantitative estimate of drug-likeness (QED) is 0.838. The molecule has 0 heterocycles. The molecule has 0 aromatic heterocycles. The van der Waals surface area contributed by atoms with Gasteiger partial charge in [-0.1, -0.05) is 38.1 Å². The summed E-state index contributed by atoms with van der Waals surface area (Å²) in [5.74, 6) is 0. The fraction of sp³-hybridized carbons (Fsp3) is 0.235. The maximum absolute atomic E-state index is 9.31. The third kappa shape index (κ3) is 2.86. The molecular formula is C17H17BrN2. The van der Waals surface area contributed by atoms with E-state index in [2.05, 4.69) is 59.4 Å². The third-order valence-electron chi connectivity index (χ3n) is 3.38. The van der Waals surface area contributed by atoms with Crippen LogP contribution in [0, 0.1) is 11.3 Å². The van der Waals surface area contributed by atoms with Gasteiger partial charge in [0.05, 0.1) is 11.3 Å². The number of halogens is 1. The van der Waals surface area contributed by atoms with E-state index in [9.17, 15) is 5.26 Å². The maximum Gasteiger partial charge on any atom is 0.103 e. The molecule has 102 valence electrons. The number of hydrogen-bond acceptors (Lipinski definition) is 2. The van der Waals surface area contributed by atoms with Crippen LogP contribution in [0.1, 0.15) is 30.5 Å². The van der Waals surface area contributed by atoms with Gasteiger partial charge < -0.3 is 5.32 Å². The van der Waals surface area contributed by atoms with Crippen LogP contribution in [0.2, 0.25) is 0 Å². The van der Waals surface area contributed by atoms with Gasteiger partial charge in [-0.25, -0.2) is 0 Å². The van der Waals surface area contributed by atoms with Crippen LogP contribution in [0.4, 0.5) is 11.4 Å². The zero-order valence-corrected chi connectivity index (χ0v) is 13.3. The van der Waals surface area contributed by atoms with Gasteiger partial charge in [-0.05, 0) is 52.0 Å². The van der Waals surface area contributed by atoms with Crippen molar-refractivity contribution in [1.29, 1.82) is 5.26 Å². The molecule has 0 spiro atoms. The minimum absolute atomic E-state index is 0.639. The van der Waals surface area contributed by atoms with Crippen LogP contribution in [0.25, 0.3) is 0 Å². The Kier molecular flexibility index (Phi) is 4.81. The second kappa shape index (κ2) is 6.58. The molecule has 0 saturated carbocycles. The van der Waals surface area contributed by atoms with Crippen molar-refractivity contribution in [3.05, 3.63) is 57.6 Å². The number of nitrogens with one attached hydrogen (secondary N) is 1. The number of para-hydroxylation sites is 1. The fourth-order valence-corrected chi connectivity index (χ4v) is 2.73. The van der Waals surface area contributed by atoms with Gasteiger partial charge in [0.25, 0.3) is 0 Å². The summed E-state index contributed by atoms with van der Waals surface area (Å²) in [4.78, 5) is 0. The lowest BCUT2D eigenvalue weighted by molar-refractivity contribution is 1.09. The van der Waals surface area contributed by atoms with E-state index in [1.165, 1.54) is 11.1 Å². The van der Waals surface area contributed by atoms with Gasteiger partial charge in [0.15, 0.2) is 0 Å². The van der Waals surface area contributed by atoms with E-state index in [1.54, 1.807) is 0 Å². The van der Waals surface area contributed by atoms with Gasteiger partial charge in [0, 0.05) is 10.2 Å². The first-order valence-corrected chi connectivity index (χ1v) is 7.56. The highest BCUT2D eigenvalue weighted by Crippen LogP contribution is 2.30. The summed E-state index contributed by atoms with van der Waals surface area (Å²) in [6.07, 6.45) is 1.93. The number of benzene rings is 2. The van der Waals surface area contributed by atoms with Crippen LogP contribution in [0.3, 0.4) is 0 Å². The normalized spacial score (nSPS) is 10.1. The highest BCUT2D eigenvalue weighted by molar-refractivity contribution is 9.10. The summed E-state index contributed by atoms with van der Waals surface area (Å²) in [5.41, 5.74) is 5.16. The summed E-state index contributed by atoms with van der Waals surface area (Å²) in [7, 11) is 0. The molecule has 1 N–H and O–H groups in total. The molecule has 0 unspecified atom stereocenters. The molecule has 2 nitrogen and oxygen atoms in total. The number of rotatable bonds is 4. The van der Waals surface area contributed by atoms with Crippen molar-refractivity contribution in [2.75, 3.05) is 5.32 Å². The Morgan fingerprint density at radius 1 is 1.05 bits per heavy atom. The van der Waals surface area contributed by atoms with Crippen molar-refractivity contribution in [3.8, 4) is 6.07 Å². The lowest BCUT2D eigenvalue weighted by atomic mass is 10.0. The number of anilines is 2. The van der Waals surface area contributed by atoms with Crippen LogP contribution in [-0.4, -0.2) is 0 Å². The second-order valence-electron chi connectivity index (χ2n) is 4.56. The van der Waals surface area contributed by atoms with E-state index in [4.69, 9.17) is 0 Å². The molecule has 0 amide bonds. The van der Waals surface area contributed by atoms with Crippen LogP contribution >= 0.6 is 15.9 Å². The molecule has 0 atom stereocenters. The first kappa shape index (κ1) is 14.6. The molecule has 0 fully saturated rings. The van der Waals surface area contributed by atoms with Crippen LogP contribution in [0.15, 0.2) is 40.9 Å². The molecule has 0 radical (unpaired) electrons. The Hall–Kier alpha value is -1.79. The minimum atomic E-state index is 0.639. The van der Waals surface area contributed by atoms with Crippen LogP contribution in [0.5, 0.6) is 0 Å². The molecule has 0 aliphatic rings. The first-order chi connectivity index (χ1) is 9.71. The van der Waals surface area contributed by atoms with Crippen molar-refractivity contribution in [1.82, 2.24) is 0 Å². The largest absolute Gasteiger partial charge is 0.354 e. The summed E-state index contributed by atoms with van der Waals surface area (Å²) in [6.45, 7) is 4.29. The average molecular weight is 329 g/mol. The van der Waals surface area contributed by atoms with E-state index in [0.29, 0.717) is 5.56 Å². The van der Waals surface area contributed by atoms with Crippen LogP contribution < -0.4 is 5.32 Å². The molecule has 0 saturated heterocycles. The van der Waals surface area contributed by atoms with Gasteiger partial charge >= 0.3 is 0 Å². The Labute approximate surface area is 128 Å². The number of aryl methyl sites for hydroxylation is 2. The van der Waals surface area contributed by atoms with Crippen molar-refractivity contribution in [2.45, 2.75) is 26.7 Å². The molecular weight excluding hydrogens is 312 g/mol. The molecule has 20 heavy (non-hydrogen) atoms. The average Bonchev–Trinajstić information content (AvgIpc) is 2.47. The van der Waals surface area contributed by atoms with E-state index < -0.39 is 0 Å². The Balaban J connectivity index is 2.50. The zero-order chi connectivity index (χ0) is 14.5. The van der Waals surface area contributed by atoms with E-state index >= 15 is 0 Å². The number of nitrogens with zero attached hydrogens (tertiary/aromatic N) is 1. The molecule has 0 aliphatic heterocycles. The van der Waals surface area contributed by atoms with Crippen molar-refractivity contribution >= 4 is 27.3 Å². The number of hydrogen-bond donors (Lipinski definition) is 1. The van der Waals surface area contributed by atoms with E-state index in [-0.39, 0.29) is 0 Å². The van der Waals surface area contributed by atoms with Gasteiger partial charge in [-0.2, -0.15) is 5.26 Å². The predicted molar refractivity (Wildman–Crippen MR) is 87.3 cm³/mol. The highest BCUT2D eigenvalue weighted by atomic mass is 79.9. The zero-order valence-electron chi connectivity index (χ0n) is 11.7. The van der Waals surface area contributed by atoms with Crippen LogP contribution in [-0.2, 0) is 12.8 Å². The smallest absolute Gasteiger partial charge is 0.103 e. The summed E-state index contributed by atoms with van der Waals surface area (Å²) in [5, 5.41) is 12.8. The summed E-state index contributed by atoms with van der Waals surface area (Å²) >= 11 is 3.43. The molecule has 2 aromatic rings. The Morgan fingerprint density at radius 2 is 1.65 bits per heavy atom. The standard InChI is InChI=1S/C17H17BrN2/c1-3-12-7-5-8-13(4-2)17(12)20-16-10-6-9-15(18)14(16)11-19/h5-10,20H,3-4H2,1-2H3. The maximum atomic E-state index is 9.31. The van der Waals surface area contributed by atoms with Gasteiger partial charge in [0.2, 0.25) is 0 Å². The lowest BCUT2D eigenvalue weighted by Crippen LogP contribution is -2.01. The summed E-state index contributed by atoms with van der Waals surface area (Å²) < 4.78 is 0.817. The van der Waals surface area contributed by atoms with Crippen molar-refractivity contribution in [3.63, 3.8) is 0 Å². The van der Waals surface area contributed by atoms with E-state index in [0.717, 1.165) is 28.7 Å². The fourth-order valence-electron chi connectivity index (χ4n) is 2.28. The molecule has 2 aromatic carbocycles. The summed E-state index contributed by atoms with van der Waals surface area (Å²) in [6, 6.07) is 14.4. The predicted octanol–water partition coefficient (Wildman–Crippen LogP) is 5.19. The molecule has 0 bridgehead atoms. The van der Waals surface area contributed by atoms with Crippen molar-refractivity contribution < 1.29 is 0 Å². The second-order valence-corrected chi connectivity index (χ2v) is 5.41. The van der Waals surface area contributed by atoms with Gasteiger partial charge in [-0.15, -0.1) is 0 Å². The Bertz CT molecular complexity index is 634. The van der Waals surface area contributed by atoms with Gasteiger partial charge in [0.1, 0.15) is 6.07 Å². The van der Waals surface area contributed by atoms with Crippen molar-refractivity contribution in [2.24, 2.45) is 0 Å². The molecule has 0 aliphatic carbocycles. The highest BCUT2D eigenvalue weighted by Gasteiger charge is 2.10. The topological polar surface area (TPSA) is 35.8 Å². The van der Waals surface area contributed by atoms with E-state index in [1.807, 2.05) is 18.2 Å². The minimum Gasteiger partial charge on any atom is -0.354 e.